The molecule has 0 atom stereocenters. The zero-order valence-electron chi connectivity index (χ0n) is 11.4. The van der Waals surface area contributed by atoms with E-state index in [2.05, 4.69) is 5.32 Å². The highest BCUT2D eigenvalue weighted by Crippen LogP contribution is 2.09. The smallest absolute Gasteiger partial charge is 0.226 e. The summed E-state index contributed by atoms with van der Waals surface area (Å²) in [5, 5.41) is 2.66. The normalized spacial score (nSPS) is 10.4. The summed E-state index contributed by atoms with van der Waals surface area (Å²) in [5.41, 5.74) is 0.547. The zero-order valence-corrected chi connectivity index (χ0v) is 11.4. The first kappa shape index (κ1) is 15.1. The van der Waals surface area contributed by atoms with E-state index in [1.807, 2.05) is 13.8 Å². The van der Waals surface area contributed by atoms with E-state index in [0.29, 0.717) is 12.2 Å². The molecule has 0 aliphatic rings. The predicted octanol–water partition coefficient (Wildman–Crippen LogP) is 2.41. The molecule has 0 saturated heterocycles. The Labute approximate surface area is 112 Å². The van der Waals surface area contributed by atoms with E-state index >= 15 is 0 Å². The summed E-state index contributed by atoms with van der Waals surface area (Å²) in [5.74, 6) is -0.594. The topological polar surface area (TPSA) is 49.4 Å². The van der Waals surface area contributed by atoms with Crippen molar-refractivity contribution in [3.63, 3.8) is 0 Å². The molecule has 1 N–H and O–H groups in total. The molecule has 0 aliphatic heterocycles. The van der Waals surface area contributed by atoms with E-state index < -0.39 is 0 Å². The Balaban J connectivity index is 2.47. The second kappa shape index (κ2) is 6.87. The minimum atomic E-state index is -0.347. The van der Waals surface area contributed by atoms with Gasteiger partial charge in [-0.25, -0.2) is 4.39 Å². The van der Waals surface area contributed by atoms with Gasteiger partial charge in [-0.15, -0.1) is 0 Å². The summed E-state index contributed by atoms with van der Waals surface area (Å²) in [7, 11) is 0. The second-order valence-electron chi connectivity index (χ2n) is 4.61. The number of anilines is 1. The van der Waals surface area contributed by atoms with Gasteiger partial charge in [-0.3, -0.25) is 9.59 Å². The van der Waals surface area contributed by atoms with E-state index in [1.54, 1.807) is 4.90 Å². The van der Waals surface area contributed by atoms with Gasteiger partial charge in [-0.05, 0) is 38.1 Å². The summed E-state index contributed by atoms with van der Waals surface area (Å²) in [6.07, 6.45) is 0.217. The lowest BCUT2D eigenvalue weighted by Crippen LogP contribution is -2.37. The minimum Gasteiger partial charge on any atom is -0.340 e. The highest BCUT2D eigenvalue weighted by molar-refractivity contribution is 5.91. The van der Waals surface area contributed by atoms with Gasteiger partial charge in [0.15, 0.2) is 0 Å². The summed E-state index contributed by atoms with van der Waals surface area (Å²) < 4.78 is 12.7. The van der Waals surface area contributed by atoms with Crippen LogP contribution in [0.25, 0.3) is 0 Å². The number of benzene rings is 1. The Morgan fingerprint density at radius 1 is 1.26 bits per heavy atom. The van der Waals surface area contributed by atoms with Crippen LogP contribution in [0.5, 0.6) is 0 Å². The largest absolute Gasteiger partial charge is 0.340 e. The van der Waals surface area contributed by atoms with Crippen LogP contribution in [-0.2, 0) is 9.59 Å². The van der Waals surface area contributed by atoms with Gasteiger partial charge in [0.1, 0.15) is 5.82 Å². The molecule has 1 aromatic rings. The number of hydrogen-bond donors (Lipinski definition) is 1. The fraction of sp³-hybridized carbons (Fsp3) is 0.429. The lowest BCUT2D eigenvalue weighted by atomic mass is 10.2. The van der Waals surface area contributed by atoms with Crippen LogP contribution >= 0.6 is 0 Å². The molecule has 4 nitrogen and oxygen atoms in total. The molecular formula is C14H19FN2O2. The van der Waals surface area contributed by atoms with Crippen molar-refractivity contribution in [2.24, 2.45) is 0 Å². The quantitative estimate of drug-likeness (QED) is 0.889. The van der Waals surface area contributed by atoms with Crippen LogP contribution in [0.2, 0.25) is 0 Å². The molecule has 2 amide bonds. The number of hydrogen-bond acceptors (Lipinski definition) is 2. The first-order valence-corrected chi connectivity index (χ1v) is 6.22. The molecule has 0 saturated carbocycles. The fourth-order valence-electron chi connectivity index (χ4n) is 1.76. The highest BCUT2D eigenvalue weighted by atomic mass is 19.1. The van der Waals surface area contributed by atoms with Gasteiger partial charge in [0.2, 0.25) is 11.8 Å². The molecule has 1 aromatic carbocycles. The molecule has 1 rings (SSSR count). The zero-order chi connectivity index (χ0) is 14.4. The van der Waals surface area contributed by atoms with E-state index in [0.717, 1.165) is 0 Å². The van der Waals surface area contributed by atoms with Crippen LogP contribution < -0.4 is 5.32 Å². The molecule has 5 heteroatoms. The first-order chi connectivity index (χ1) is 8.90. The van der Waals surface area contributed by atoms with Crippen LogP contribution in [0.1, 0.15) is 27.2 Å². The van der Waals surface area contributed by atoms with E-state index in [4.69, 9.17) is 0 Å². The predicted molar refractivity (Wildman–Crippen MR) is 72.2 cm³/mol. The fourth-order valence-corrected chi connectivity index (χ4v) is 1.76. The van der Waals surface area contributed by atoms with Crippen molar-refractivity contribution in [1.29, 1.82) is 0 Å². The average molecular weight is 266 g/mol. The van der Waals surface area contributed by atoms with Gasteiger partial charge in [-0.2, -0.15) is 0 Å². The van der Waals surface area contributed by atoms with Crippen LogP contribution in [-0.4, -0.2) is 29.3 Å². The minimum absolute atomic E-state index is 0.0513. The SMILES string of the molecule is CC(=O)N(CCC(=O)Nc1ccc(F)cc1)C(C)C. The third-order valence-electron chi connectivity index (χ3n) is 2.74. The van der Waals surface area contributed by atoms with Gasteiger partial charge < -0.3 is 10.2 Å². The number of carbonyl (C=O) groups excluding carboxylic acids is 2. The molecule has 0 spiro atoms. The molecule has 104 valence electrons. The molecule has 0 radical (unpaired) electrons. The van der Waals surface area contributed by atoms with E-state index in [1.165, 1.54) is 31.2 Å². The van der Waals surface area contributed by atoms with Crippen molar-refractivity contribution in [2.45, 2.75) is 33.2 Å². The molecule has 0 aromatic heterocycles. The van der Waals surface area contributed by atoms with Crippen molar-refractivity contribution < 1.29 is 14.0 Å². The molecule has 0 fully saturated rings. The number of amides is 2. The third kappa shape index (κ3) is 5.07. The second-order valence-corrected chi connectivity index (χ2v) is 4.61. The Morgan fingerprint density at radius 2 is 1.84 bits per heavy atom. The average Bonchev–Trinajstić information content (AvgIpc) is 2.31. The molecule has 0 unspecified atom stereocenters. The van der Waals surface area contributed by atoms with Crippen molar-refractivity contribution >= 4 is 17.5 Å². The number of halogens is 1. The number of nitrogens with one attached hydrogen (secondary N) is 1. The van der Waals surface area contributed by atoms with Crippen LogP contribution in [0.4, 0.5) is 10.1 Å². The van der Waals surface area contributed by atoms with Crippen LogP contribution in [0.15, 0.2) is 24.3 Å². The lowest BCUT2D eigenvalue weighted by Gasteiger charge is -2.24. The van der Waals surface area contributed by atoms with Gasteiger partial charge in [0, 0.05) is 31.6 Å². The maximum absolute atomic E-state index is 12.7. The monoisotopic (exact) mass is 266 g/mol. The Hall–Kier alpha value is -1.91. The number of nitrogens with zero attached hydrogens (tertiary/aromatic N) is 1. The maximum Gasteiger partial charge on any atom is 0.226 e. The molecule has 0 heterocycles. The molecular weight excluding hydrogens is 247 g/mol. The van der Waals surface area contributed by atoms with Crippen LogP contribution in [0, 0.1) is 5.82 Å². The molecule has 0 aliphatic carbocycles. The Morgan fingerprint density at radius 3 is 2.32 bits per heavy atom. The lowest BCUT2D eigenvalue weighted by molar-refractivity contribution is -0.130. The molecule has 19 heavy (non-hydrogen) atoms. The van der Waals surface area contributed by atoms with E-state index in [-0.39, 0.29) is 30.1 Å². The maximum atomic E-state index is 12.7. The Kier molecular flexibility index (Phi) is 5.48. The van der Waals surface area contributed by atoms with Gasteiger partial charge in [-0.1, -0.05) is 0 Å². The van der Waals surface area contributed by atoms with E-state index in [9.17, 15) is 14.0 Å². The summed E-state index contributed by atoms with van der Waals surface area (Å²) in [4.78, 5) is 24.7. The van der Waals surface area contributed by atoms with Crippen molar-refractivity contribution in [3.05, 3.63) is 30.1 Å². The standard InChI is InChI=1S/C14H19FN2O2/c1-10(2)17(11(3)18)9-8-14(19)16-13-6-4-12(15)5-7-13/h4-7,10H,8-9H2,1-3H3,(H,16,19). The highest BCUT2D eigenvalue weighted by Gasteiger charge is 2.14. The Bertz CT molecular complexity index is 443. The van der Waals surface area contributed by atoms with Gasteiger partial charge in [0.05, 0.1) is 0 Å². The first-order valence-electron chi connectivity index (χ1n) is 6.22. The summed E-state index contributed by atoms with van der Waals surface area (Å²) in [6, 6.07) is 5.63. The van der Waals surface area contributed by atoms with Gasteiger partial charge >= 0.3 is 0 Å². The number of carbonyl (C=O) groups is 2. The summed E-state index contributed by atoms with van der Waals surface area (Å²) >= 11 is 0. The van der Waals surface area contributed by atoms with Crippen LogP contribution in [0.3, 0.4) is 0 Å². The van der Waals surface area contributed by atoms with Crippen molar-refractivity contribution in [3.8, 4) is 0 Å². The molecule has 0 bridgehead atoms. The summed E-state index contributed by atoms with van der Waals surface area (Å²) in [6.45, 7) is 5.66. The van der Waals surface area contributed by atoms with Gasteiger partial charge in [0.25, 0.3) is 0 Å². The third-order valence-corrected chi connectivity index (χ3v) is 2.74. The van der Waals surface area contributed by atoms with Crippen molar-refractivity contribution in [1.82, 2.24) is 4.90 Å². The number of rotatable bonds is 5. The van der Waals surface area contributed by atoms with Crippen molar-refractivity contribution in [2.75, 3.05) is 11.9 Å².